The molecule has 0 aliphatic carbocycles. The monoisotopic (exact) mass is 288 g/mol. The van der Waals surface area contributed by atoms with Crippen LogP contribution >= 0.6 is 0 Å². The molecule has 0 saturated carbocycles. The molecular formula is C14H16N4O3. The Bertz CT molecular complexity index is 757. The van der Waals surface area contributed by atoms with Crippen LogP contribution in [0.25, 0.3) is 5.69 Å². The molecule has 1 aromatic carbocycles. The molecule has 1 N–H and O–H groups in total. The SMILES string of the molecule is COc1ccc(-n2c(N=CN(C)C)cc(=O)[nH]c2=O)cc1. The van der Waals surface area contributed by atoms with E-state index in [0.29, 0.717) is 11.4 Å². The van der Waals surface area contributed by atoms with E-state index in [2.05, 4.69) is 9.98 Å². The van der Waals surface area contributed by atoms with Gasteiger partial charge in [-0.15, -0.1) is 0 Å². The second-order valence-electron chi connectivity index (χ2n) is 4.54. The molecule has 0 spiro atoms. The van der Waals surface area contributed by atoms with Crippen molar-refractivity contribution in [2.45, 2.75) is 0 Å². The van der Waals surface area contributed by atoms with Crippen molar-refractivity contribution in [2.24, 2.45) is 4.99 Å². The number of methoxy groups -OCH3 is 1. The summed E-state index contributed by atoms with van der Waals surface area (Å²) < 4.78 is 6.40. The summed E-state index contributed by atoms with van der Waals surface area (Å²) >= 11 is 0. The van der Waals surface area contributed by atoms with E-state index in [4.69, 9.17) is 4.74 Å². The Labute approximate surface area is 121 Å². The van der Waals surface area contributed by atoms with Gasteiger partial charge < -0.3 is 9.64 Å². The maximum Gasteiger partial charge on any atom is 0.334 e. The predicted octanol–water partition coefficient (Wildman–Crippen LogP) is 0.756. The van der Waals surface area contributed by atoms with Gasteiger partial charge >= 0.3 is 5.69 Å². The first-order chi connectivity index (χ1) is 10.0. The molecule has 0 saturated heterocycles. The summed E-state index contributed by atoms with van der Waals surface area (Å²) in [5.41, 5.74) is -0.447. The van der Waals surface area contributed by atoms with Gasteiger partial charge in [-0.25, -0.2) is 14.4 Å². The molecule has 0 aliphatic heterocycles. The first kappa shape index (κ1) is 14.6. The van der Waals surface area contributed by atoms with Crippen molar-refractivity contribution >= 4 is 12.2 Å². The zero-order valence-corrected chi connectivity index (χ0v) is 12.0. The largest absolute Gasteiger partial charge is 0.497 e. The number of hydrogen-bond donors (Lipinski definition) is 1. The van der Waals surface area contributed by atoms with Crippen molar-refractivity contribution in [3.05, 3.63) is 51.2 Å². The first-order valence-corrected chi connectivity index (χ1v) is 6.22. The summed E-state index contributed by atoms with van der Waals surface area (Å²) in [5, 5.41) is 0. The smallest absolute Gasteiger partial charge is 0.334 e. The van der Waals surface area contributed by atoms with Crippen molar-refractivity contribution in [1.29, 1.82) is 0 Å². The van der Waals surface area contributed by atoms with Crippen LogP contribution < -0.4 is 16.0 Å². The summed E-state index contributed by atoms with van der Waals surface area (Å²) in [6.45, 7) is 0. The van der Waals surface area contributed by atoms with Gasteiger partial charge in [0.2, 0.25) is 0 Å². The van der Waals surface area contributed by atoms with E-state index in [1.54, 1.807) is 50.4 Å². The molecule has 0 atom stereocenters. The van der Waals surface area contributed by atoms with Gasteiger partial charge in [0.1, 0.15) is 11.6 Å². The van der Waals surface area contributed by atoms with Crippen LogP contribution in [0.15, 0.2) is 44.9 Å². The molecule has 0 radical (unpaired) electrons. The third-order valence-corrected chi connectivity index (χ3v) is 2.67. The van der Waals surface area contributed by atoms with Crippen LogP contribution in [-0.2, 0) is 0 Å². The average Bonchev–Trinajstić information content (AvgIpc) is 2.45. The molecule has 21 heavy (non-hydrogen) atoms. The van der Waals surface area contributed by atoms with Crippen molar-refractivity contribution in [2.75, 3.05) is 21.2 Å². The number of aromatic nitrogens is 2. The van der Waals surface area contributed by atoms with E-state index in [1.165, 1.54) is 17.0 Å². The van der Waals surface area contributed by atoms with E-state index in [0.717, 1.165) is 0 Å². The Morgan fingerprint density at radius 3 is 2.48 bits per heavy atom. The van der Waals surface area contributed by atoms with E-state index in [-0.39, 0.29) is 5.82 Å². The van der Waals surface area contributed by atoms with Crippen molar-refractivity contribution in [3.8, 4) is 11.4 Å². The molecule has 1 aromatic heterocycles. The molecule has 2 rings (SSSR count). The lowest BCUT2D eigenvalue weighted by atomic mass is 10.3. The Kier molecular flexibility index (Phi) is 4.22. The fraction of sp³-hybridized carbons (Fsp3) is 0.214. The minimum atomic E-state index is -0.543. The fourth-order valence-electron chi connectivity index (χ4n) is 1.73. The third kappa shape index (κ3) is 3.38. The van der Waals surface area contributed by atoms with Gasteiger partial charge in [0.05, 0.1) is 19.1 Å². The molecule has 0 amide bonds. The van der Waals surface area contributed by atoms with E-state index in [1.807, 2.05) is 0 Å². The minimum Gasteiger partial charge on any atom is -0.497 e. The zero-order chi connectivity index (χ0) is 15.4. The predicted molar refractivity (Wildman–Crippen MR) is 81.1 cm³/mol. The molecule has 7 heteroatoms. The van der Waals surface area contributed by atoms with Gasteiger partial charge in [0, 0.05) is 20.2 Å². The molecule has 0 bridgehead atoms. The molecule has 110 valence electrons. The van der Waals surface area contributed by atoms with Gasteiger partial charge in [-0.1, -0.05) is 0 Å². The summed E-state index contributed by atoms with van der Waals surface area (Å²) in [5.74, 6) is 0.928. The molecule has 0 aliphatic rings. The standard InChI is InChI=1S/C14H16N4O3/c1-17(2)9-15-12-8-13(19)16-14(20)18(12)10-4-6-11(21-3)7-5-10/h4-9H,1-3H3,(H,16,19,20). The Balaban J connectivity index is 2.60. The highest BCUT2D eigenvalue weighted by molar-refractivity contribution is 5.60. The molecule has 7 nitrogen and oxygen atoms in total. The number of rotatable bonds is 4. The third-order valence-electron chi connectivity index (χ3n) is 2.67. The number of aromatic amines is 1. The number of ether oxygens (including phenoxy) is 1. The van der Waals surface area contributed by atoms with E-state index in [9.17, 15) is 9.59 Å². The summed E-state index contributed by atoms with van der Waals surface area (Å²) in [6, 6.07) is 8.16. The first-order valence-electron chi connectivity index (χ1n) is 6.22. The van der Waals surface area contributed by atoms with Crippen LogP contribution in [0, 0.1) is 0 Å². The molecule has 1 heterocycles. The summed E-state index contributed by atoms with van der Waals surface area (Å²) in [7, 11) is 5.16. The maximum absolute atomic E-state index is 12.0. The molecule has 0 fully saturated rings. The Hall–Kier alpha value is -2.83. The quantitative estimate of drug-likeness (QED) is 0.665. The highest BCUT2D eigenvalue weighted by atomic mass is 16.5. The summed E-state index contributed by atoms with van der Waals surface area (Å²) in [6.07, 6.45) is 1.52. The summed E-state index contributed by atoms with van der Waals surface area (Å²) in [4.78, 5) is 31.6. The van der Waals surface area contributed by atoms with Crippen LogP contribution in [0.3, 0.4) is 0 Å². The van der Waals surface area contributed by atoms with Crippen LogP contribution in [0.4, 0.5) is 5.82 Å². The highest BCUT2D eigenvalue weighted by Crippen LogP contribution is 2.17. The number of hydrogen-bond acceptors (Lipinski definition) is 4. The van der Waals surface area contributed by atoms with Gasteiger partial charge in [-0.3, -0.25) is 9.78 Å². The molecule has 2 aromatic rings. The van der Waals surface area contributed by atoms with E-state index < -0.39 is 11.2 Å². The Morgan fingerprint density at radius 2 is 1.90 bits per heavy atom. The molecule has 0 unspecified atom stereocenters. The van der Waals surface area contributed by atoms with Gasteiger partial charge in [0.15, 0.2) is 0 Å². The zero-order valence-electron chi connectivity index (χ0n) is 12.0. The number of benzene rings is 1. The average molecular weight is 288 g/mol. The van der Waals surface area contributed by atoms with Gasteiger partial charge in [-0.2, -0.15) is 0 Å². The van der Waals surface area contributed by atoms with Crippen molar-refractivity contribution < 1.29 is 4.74 Å². The molecular weight excluding hydrogens is 272 g/mol. The minimum absolute atomic E-state index is 0.252. The van der Waals surface area contributed by atoms with Crippen LogP contribution in [0.1, 0.15) is 0 Å². The van der Waals surface area contributed by atoms with Crippen LogP contribution in [-0.4, -0.2) is 42.0 Å². The number of nitrogens with zero attached hydrogens (tertiary/aromatic N) is 3. The maximum atomic E-state index is 12.0. The van der Waals surface area contributed by atoms with Crippen LogP contribution in [0.5, 0.6) is 5.75 Å². The second kappa shape index (κ2) is 6.08. The fourth-order valence-corrected chi connectivity index (χ4v) is 1.73. The number of H-pyrrole nitrogens is 1. The lowest BCUT2D eigenvalue weighted by Gasteiger charge is -2.10. The number of aliphatic imine (C=N–C) groups is 1. The lowest BCUT2D eigenvalue weighted by Crippen LogP contribution is -2.28. The van der Waals surface area contributed by atoms with Crippen molar-refractivity contribution in [1.82, 2.24) is 14.5 Å². The Morgan fingerprint density at radius 1 is 1.24 bits per heavy atom. The van der Waals surface area contributed by atoms with Crippen LogP contribution in [0.2, 0.25) is 0 Å². The van der Waals surface area contributed by atoms with Crippen molar-refractivity contribution in [3.63, 3.8) is 0 Å². The van der Waals surface area contributed by atoms with Gasteiger partial charge in [-0.05, 0) is 24.3 Å². The highest BCUT2D eigenvalue weighted by Gasteiger charge is 2.07. The lowest BCUT2D eigenvalue weighted by molar-refractivity contribution is 0.414. The van der Waals surface area contributed by atoms with Gasteiger partial charge in [0.25, 0.3) is 5.56 Å². The topological polar surface area (TPSA) is 79.7 Å². The van der Waals surface area contributed by atoms with E-state index >= 15 is 0 Å². The number of nitrogens with one attached hydrogen (secondary N) is 1. The normalized spacial score (nSPS) is 10.8. The second-order valence-corrected chi connectivity index (χ2v) is 4.54.